The van der Waals surface area contributed by atoms with Crippen LogP contribution in [0.4, 0.5) is 0 Å². The molecule has 1 aromatic carbocycles. The van der Waals surface area contributed by atoms with E-state index in [1.807, 2.05) is 0 Å². The Balaban J connectivity index is 2.05. The molecular weight excluding hydrogens is 206 g/mol. The standard InChI is InChI=1S/C12H15NO3/c14-8-9-5-6-13(7-9)12(16)10-1-3-11(15)4-2-10/h1-4,9,14-15H,5-8H2. The Bertz CT molecular complexity index is 374. The summed E-state index contributed by atoms with van der Waals surface area (Å²) in [6.07, 6.45) is 0.861. The zero-order chi connectivity index (χ0) is 11.5. The Kier molecular flexibility index (Phi) is 3.10. The summed E-state index contributed by atoms with van der Waals surface area (Å²) in [5, 5.41) is 18.1. The summed E-state index contributed by atoms with van der Waals surface area (Å²) in [5.74, 6) is 0.336. The summed E-state index contributed by atoms with van der Waals surface area (Å²) in [6, 6.07) is 6.24. The number of hydrogen-bond donors (Lipinski definition) is 2. The Morgan fingerprint density at radius 1 is 1.38 bits per heavy atom. The highest BCUT2D eigenvalue weighted by atomic mass is 16.3. The fraction of sp³-hybridized carbons (Fsp3) is 0.417. The lowest BCUT2D eigenvalue weighted by molar-refractivity contribution is 0.0782. The van der Waals surface area contributed by atoms with E-state index < -0.39 is 0 Å². The number of likely N-dealkylation sites (tertiary alicyclic amines) is 1. The predicted octanol–water partition coefficient (Wildman–Crippen LogP) is 0.847. The van der Waals surface area contributed by atoms with Gasteiger partial charge in [-0.2, -0.15) is 0 Å². The highest BCUT2D eigenvalue weighted by Gasteiger charge is 2.26. The molecule has 0 bridgehead atoms. The molecule has 0 aliphatic carbocycles. The second kappa shape index (κ2) is 4.53. The van der Waals surface area contributed by atoms with Crippen LogP contribution in [0.25, 0.3) is 0 Å². The molecule has 86 valence electrons. The minimum absolute atomic E-state index is 0.0315. The number of rotatable bonds is 2. The minimum Gasteiger partial charge on any atom is -0.508 e. The summed E-state index contributed by atoms with van der Waals surface area (Å²) >= 11 is 0. The van der Waals surface area contributed by atoms with Gasteiger partial charge in [0.25, 0.3) is 5.91 Å². The third kappa shape index (κ3) is 2.17. The maximum absolute atomic E-state index is 12.0. The van der Waals surface area contributed by atoms with Crippen LogP contribution in [0.3, 0.4) is 0 Å². The smallest absolute Gasteiger partial charge is 0.253 e. The first-order valence-corrected chi connectivity index (χ1v) is 5.40. The van der Waals surface area contributed by atoms with Crippen LogP contribution in [0, 0.1) is 5.92 Å². The number of carbonyl (C=O) groups is 1. The van der Waals surface area contributed by atoms with E-state index >= 15 is 0 Å². The van der Waals surface area contributed by atoms with Gasteiger partial charge >= 0.3 is 0 Å². The molecular formula is C12H15NO3. The van der Waals surface area contributed by atoms with Gasteiger partial charge in [-0.1, -0.05) is 0 Å². The van der Waals surface area contributed by atoms with Gasteiger partial charge in [0.05, 0.1) is 0 Å². The van der Waals surface area contributed by atoms with Crippen LogP contribution in [0.5, 0.6) is 5.75 Å². The van der Waals surface area contributed by atoms with Crippen LogP contribution < -0.4 is 0 Å². The Labute approximate surface area is 94.1 Å². The molecule has 1 aromatic rings. The molecule has 1 aliphatic heterocycles. The van der Waals surface area contributed by atoms with Gasteiger partial charge < -0.3 is 15.1 Å². The summed E-state index contributed by atoms with van der Waals surface area (Å²) in [6.45, 7) is 1.46. The van der Waals surface area contributed by atoms with Crippen LogP contribution in [0.15, 0.2) is 24.3 Å². The van der Waals surface area contributed by atoms with Crippen molar-refractivity contribution in [1.29, 1.82) is 0 Å². The van der Waals surface area contributed by atoms with Crippen LogP contribution in [0.2, 0.25) is 0 Å². The maximum atomic E-state index is 12.0. The van der Waals surface area contributed by atoms with Crippen molar-refractivity contribution in [2.24, 2.45) is 5.92 Å². The number of aromatic hydroxyl groups is 1. The number of aliphatic hydroxyl groups excluding tert-OH is 1. The molecule has 1 saturated heterocycles. The van der Waals surface area contributed by atoms with E-state index in [1.54, 1.807) is 17.0 Å². The number of phenolic OH excluding ortho intramolecular Hbond substituents is 1. The molecule has 0 radical (unpaired) electrons. The number of hydrogen-bond acceptors (Lipinski definition) is 3. The minimum atomic E-state index is -0.0315. The average Bonchev–Trinajstić information content (AvgIpc) is 2.77. The molecule has 1 atom stereocenters. The van der Waals surface area contributed by atoms with Gasteiger partial charge in [0.1, 0.15) is 5.75 Å². The van der Waals surface area contributed by atoms with Crippen molar-refractivity contribution in [3.05, 3.63) is 29.8 Å². The number of aliphatic hydroxyl groups is 1. The monoisotopic (exact) mass is 221 g/mol. The summed E-state index contributed by atoms with van der Waals surface area (Å²) in [4.78, 5) is 13.7. The third-order valence-electron chi connectivity index (χ3n) is 2.95. The van der Waals surface area contributed by atoms with Crippen molar-refractivity contribution >= 4 is 5.91 Å². The van der Waals surface area contributed by atoms with Gasteiger partial charge in [0.15, 0.2) is 0 Å². The lowest BCUT2D eigenvalue weighted by Gasteiger charge is -2.16. The topological polar surface area (TPSA) is 60.8 Å². The quantitative estimate of drug-likeness (QED) is 0.778. The molecule has 1 unspecified atom stereocenters. The molecule has 2 N–H and O–H groups in total. The zero-order valence-electron chi connectivity index (χ0n) is 8.97. The molecule has 16 heavy (non-hydrogen) atoms. The summed E-state index contributed by atoms with van der Waals surface area (Å²) in [7, 11) is 0. The number of nitrogens with zero attached hydrogens (tertiary/aromatic N) is 1. The first-order chi connectivity index (χ1) is 7.70. The average molecular weight is 221 g/mol. The number of amides is 1. The molecule has 1 heterocycles. The van der Waals surface area contributed by atoms with Crippen LogP contribution in [-0.4, -0.2) is 40.7 Å². The largest absolute Gasteiger partial charge is 0.508 e. The highest BCUT2D eigenvalue weighted by molar-refractivity contribution is 5.94. The van der Waals surface area contributed by atoms with E-state index in [0.29, 0.717) is 18.7 Å². The van der Waals surface area contributed by atoms with Crippen LogP contribution in [-0.2, 0) is 0 Å². The molecule has 4 nitrogen and oxygen atoms in total. The fourth-order valence-electron chi connectivity index (χ4n) is 1.95. The van der Waals surface area contributed by atoms with E-state index in [0.717, 1.165) is 6.42 Å². The van der Waals surface area contributed by atoms with Crippen molar-refractivity contribution in [3.8, 4) is 5.75 Å². The summed E-state index contributed by atoms with van der Waals surface area (Å²) in [5.41, 5.74) is 0.580. The highest BCUT2D eigenvalue weighted by Crippen LogP contribution is 2.19. The molecule has 0 aromatic heterocycles. The zero-order valence-corrected chi connectivity index (χ0v) is 8.97. The Hall–Kier alpha value is -1.55. The molecule has 1 aliphatic rings. The van der Waals surface area contributed by atoms with Crippen molar-refractivity contribution in [2.45, 2.75) is 6.42 Å². The predicted molar refractivity (Wildman–Crippen MR) is 59.2 cm³/mol. The van der Waals surface area contributed by atoms with Gasteiger partial charge in [-0.05, 0) is 30.7 Å². The van der Waals surface area contributed by atoms with Gasteiger partial charge in [0.2, 0.25) is 0 Å². The SMILES string of the molecule is O=C(c1ccc(O)cc1)N1CCC(CO)C1. The molecule has 2 rings (SSSR count). The third-order valence-corrected chi connectivity index (χ3v) is 2.95. The maximum Gasteiger partial charge on any atom is 0.253 e. The number of benzene rings is 1. The van der Waals surface area contributed by atoms with E-state index in [9.17, 15) is 4.79 Å². The van der Waals surface area contributed by atoms with Crippen molar-refractivity contribution in [1.82, 2.24) is 4.90 Å². The van der Waals surface area contributed by atoms with E-state index in [4.69, 9.17) is 10.2 Å². The second-order valence-corrected chi connectivity index (χ2v) is 4.14. The van der Waals surface area contributed by atoms with Crippen molar-refractivity contribution in [3.63, 3.8) is 0 Å². The number of phenols is 1. The number of carbonyl (C=O) groups excluding carboxylic acids is 1. The second-order valence-electron chi connectivity index (χ2n) is 4.14. The lowest BCUT2D eigenvalue weighted by atomic mass is 10.1. The molecule has 1 amide bonds. The van der Waals surface area contributed by atoms with E-state index in [-0.39, 0.29) is 24.2 Å². The van der Waals surface area contributed by atoms with E-state index in [2.05, 4.69) is 0 Å². The van der Waals surface area contributed by atoms with Gasteiger partial charge in [-0.25, -0.2) is 0 Å². The van der Waals surface area contributed by atoms with Crippen LogP contribution >= 0.6 is 0 Å². The van der Waals surface area contributed by atoms with Gasteiger partial charge in [-0.15, -0.1) is 0 Å². The Morgan fingerprint density at radius 3 is 2.62 bits per heavy atom. The summed E-state index contributed by atoms with van der Waals surface area (Å²) < 4.78 is 0. The van der Waals surface area contributed by atoms with Gasteiger partial charge in [-0.3, -0.25) is 4.79 Å². The first kappa shape index (κ1) is 11.0. The molecule has 0 spiro atoms. The lowest BCUT2D eigenvalue weighted by Crippen LogP contribution is -2.29. The molecule has 1 fully saturated rings. The Morgan fingerprint density at radius 2 is 2.06 bits per heavy atom. The van der Waals surface area contributed by atoms with Crippen molar-refractivity contribution < 1.29 is 15.0 Å². The van der Waals surface area contributed by atoms with Crippen LogP contribution in [0.1, 0.15) is 16.8 Å². The van der Waals surface area contributed by atoms with Gasteiger partial charge in [0, 0.05) is 31.2 Å². The first-order valence-electron chi connectivity index (χ1n) is 5.40. The van der Waals surface area contributed by atoms with E-state index in [1.165, 1.54) is 12.1 Å². The fourth-order valence-corrected chi connectivity index (χ4v) is 1.95. The molecule has 0 saturated carbocycles. The van der Waals surface area contributed by atoms with Crippen molar-refractivity contribution in [2.75, 3.05) is 19.7 Å². The normalized spacial score (nSPS) is 20.1. The molecule has 4 heteroatoms.